The van der Waals surface area contributed by atoms with Crippen molar-refractivity contribution in [2.45, 2.75) is 19.4 Å². The minimum Gasteiger partial charge on any atom is -0.489 e. The van der Waals surface area contributed by atoms with Gasteiger partial charge in [0.1, 0.15) is 0 Å². The van der Waals surface area contributed by atoms with E-state index in [1.807, 2.05) is 0 Å². The van der Waals surface area contributed by atoms with Gasteiger partial charge in [-0.1, -0.05) is 6.92 Å². The maximum Gasteiger partial charge on any atom is 0.295 e. The Morgan fingerprint density at radius 1 is 1.45 bits per heavy atom. The van der Waals surface area contributed by atoms with Crippen LogP contribution in [0.4, 0.5) is 5.82 Å². The van der Waals surface area contributed by atoms with Gasteiger partial charge in [0.25, 0.3) is 5.56 Å². The summed E-state index contributed by atoms with van der Waals surface area (Å²) >= 11 is 0. The van der Waals surface area contributed by atoms with E-state index >= 15 is 0 Å². The second-order valence-electron chi connectivity index (χ2n) is 4.91. The highest BCUT2D eigenvalue weighted by Gasteiger charge is 2.25. The highest BCUT2D eigenvalue weighted by molar-refractivity contribution is 5.51. The van der Waals surface area contributed by atoms with Gasteiger partial charge in [-0.25, -0.2) is 4.98 Å². The van der Waals surface area contributed by atoms with Crippen LogP contribution in [-0.2, 0) is 0 Å². The highest BCUT2D eigenvalue weighted by atomic mass is 16.5. The number of nitrogens with zero attached hydrogens (tertiary/aromatic N) is 3. The molecule has 0 aromatic carbocycles. The average Bonchev–Trinajstić information content (AvgIpc) is 2.49. The first kappa shape index (κ1) is 14.8. The molecule has 1 fully saturated rings. The SMILES string of the molecule is CCC(CN)N1CCN(c2nc[nH]c(=O)c2OC)CC1. The second kappa shape index (κ2) is 6.71. The first-order valence-corrected chi connectivity index (χ1v) is 7.02. The smallest absolute Gasteiger partial charge is 0.295 e. The predicted molar refractivity (Wildman–Crippen MR) is 78.3 cm³/mol. The molecule has 1 atom stereocenters. The molecule has 2 heterocycles. The number of rotatable bonds is 5. The Morgan fingerprint density at radius 3 is 2.70 bits per heavy atom. The van der Waals surface area contributed by atoms with E-state index < -0.39 is 0 Å². The monoisotopic (exact) mass is 281 g/mol. The fourth-order valence-electron chi connectivity index (χ4n) is 2.66. The van der Waals surface area contributed by atoms with Crippen LogP contribution in [0, 0.1) is 0 Å². The molecule has 112 valence electrons. The number of piperazine rings is 1. The summed E-state index contributed by atoms with van der Waals surface area (Å²) < 4.78 is 5.16. The fourth-order valence-corrected chi connectivity index (χ4v) is 2.66. The average molecular weight is 281 g/mol. The highest BCUT2D eigenvalue weighted by Crippen LogP contribution is 2.22. The molecule has 0 aliphatic carbocycles. The number of hydrogen-bond acceptors (Lipinski definition) is 6. The number of methoxy groups -OCH3 is 1. The number of aromatic nitrogens is 2. The van der Waals surface area contributed by atoms with Crippen molar-refractivity contribution in [1.29, 1.82) is 0 Å². The Labute approximate surface area is 118 Å². The number of H-pyrrole nitrogens is 1. The van der Waals surface area contributed by atoms with Crippen molar-refractivity contribution in [3.05, 3.63) is 16.7 Å². The zero-order chi connectivity index (χ0) is 14.5. The van der Waals surface area contributed by atoms with Gasteiger partial charge in [-0.2, -0.15) is 0 Å². The number of ether oxygens (including phenoxy) is 1. The number of nitrogens with two attached hydrogens (primary N) is 1. The molecule has 0 saturated carbocycles. The fraction of sp³-hybridized carbons (Fsp3) is 0.692. The van der Waals surface area contributed by atoms with Crippen molar-refractivity contribution in [1.82, 2.24) is 14.9 Å². The molecule has 1 saturated heterocycles. The van der Waals surface area contributed by atoms with Crippen LogP contribution in [0.1, 0.15) is 13.3 Å². The number of anilines is 1. The number of aromatic amines is 1. The third-order valence-corrected chi connectivity index (χ3v) is 3.87. The molecule has 3 N–H and O–H groups in total. The van der Waals surface area contributed by atoms with Crippen molar-refractivity contribution in [2.24, 2.45) is 5.73 Å². The first-order chi connectivity index (χ1) is 9.71. The topological polar surface area (TPSA) is 87.5 Å². The van der Waals surface area contributed by atoms with E-state index in [9.17, 15) is 4.79 Å². The summed E-state index contributed by atoms with van der Waals surface area (Å²) in [5, 5.41) is 0. The summed E-state index contributed by atoms with van der Waals surface area (Å²) in [7, 11) is 1.49. The molecule has 1 aliphatic rings. The Balaban J connectivity index is 2.08. The zero-order valence-corrected chi connectivity index (χ0v) is 12.1. The molecule has 2 rings (SSSR count). The maximum atomic E-state index is 11.7. The van der Waals surface area contributed by atoms with Gasteiger partial charge in [-0.15, -0.1) is 0 Å². The van der Waals surface area contributed by atoms with E-state index in [2.05, 4.69) is 26.7 Å². The van der Waals surface area contributed by atoms with Gasteiger partial charge in [0.15, 0.2) is 5.82 Å². The molecule has 0 radical (unpaired) electrons. The molecule has 0 amide bonds. The van der Waals surface area contributed by atoms with Crippen molar-refractivity contribution >= 4 is 5.82 Å². The third kappa shape index (κ3) is 2.94. The lowest BCUT2D eigenvalue weighted by atomic mass is 10.1. The van der Waals surface area contributed by atoms with Crippen molar-refractivity contribution in [2.75, 3.05) is 44.7 Å². The molecule has 1 unspecified atom stereocenters. The maximum absolute atomic E-state index is 11.7. The molecule has 1 aromatic rings. The molecule has 7 nitrogen and oxygen atoms in total. The minimum atomic E-state index is -0.242. The molecule has 1 aromatic heterocycles. The summed E-state index contributed by atoms with van der Waals surface area (Å²) in [6, 6.07) is 0.436. The van der Waals surface area contributed by atoms with Gasteiger partial charge in [-0.05, 0) is 6.42 Å². The molecule has 0 bridgehead atoms. The van der Waals surface area contributed by atoms with E-state index in [0.29, 0.717) is 18.4 Å². The molecular formula is C13H23N5O2. The van der Waals surface area contributed by atoms with Crippen LogP contribution in [0.3, 0.4) is 0 Å². The summed E-state index contributed by atoms with van der Waals surface area (Å²) in [5.74, 6) is 0.906. The quantitative estimate of drug-likeness (QED) is 0.766. The van der Waals surface area contributed by atoms with Gasteiger partial charge in [0.2, 0.25) is 5.75 Å². The van der Waals surface area contributed by atoms with Crippen molar-refractivity contribution in [3.63, 3.8) is 0 Å². The van der Waals surface area contributed by atoms with E-state index in [4.69, 9.17) is 10.5 Å². The second-order valence-corrected chi connectivity index (χ2v) is 4.91. The van der Waals surface area contributed by atoms with Gasteiger partial charge in [0.05, 0.1) is 13.4 Å². The minimum absolute atomic E-state index is 0.242. The Bertz CT molecular complexity index is 478. The van der Waals surface area contributed by atoms with E-state index in [-0.39, 0.29) is 11.3 Å². The van der Waals surface area contributed by atoms with Crippen LogP contribution in [0.5, 0.6) is 5.75 Å². The van der Waals surface area contributed by atoms with E-state index in [1.165, 1.54) is 13.4 Å². The van der Waals surface area contributed by atoms with Crippen LogP contribution in [0.15, 0.2) is 11.1 Å². The van der Waals surface area contributed by atoms with Crippen molar-refractivity contribution in [3.8, 4) is 5.75 Å². The lowest BCUT2D eigenvalue weighted by Gasteiger charge is -2.39. The molecule has 1 aliphatic heterocycles. The normalized spacial score (nSPS) is 18.1. The van der Waals surface area contributed by atoms with Gasteiger partial charge in [-0.3, -0.25) is 9.69 Å². The van der Waals surface area contributed by atoms with Crippen LogP contribution in [-0.4, -0.2) is 60.7 Å². The van der Waals surface area contributed by atoms with Gasteiger partial charge in [0, 0.05) is 38.8 Å². The summed E-state index contributed by atoms with van der Waals surface area (Å²) in [6.45, 7) is 6.33. The number of hydrogen-bond donors (Lipinski definition) is 2. The van der Waals surface area contributed by atoms with Gasteiger partial charge < -0.3 is 20.4 Å². The van der Waals surface area contributed by atoms with Gasteiger partial charge >= 0.3 is 0 Å². The molecular weight excluding hydrogens is 258 g/mol. The third-order valence-electron chi connectivity index (χ3n) is 3.87. The molecule has 0 spiro atoms. The van der Waals surface area contributed by atoms with Crippen LogP contribution in [0.25, 0.3) is 0 Å². The Hall–Kier alpha value is -1.60. The lowest BCUT2D eigenvalue weighted by molar-refractivity contribution is 0.184. The standard InChI is InChI=1S/C13H23N5O2/c1-3-10(8-14)17-4-6-18(7-5-17)12-11(20-2)13(19)16-9-15-12/h9-10H,3-8,14H2,1-2H3,(H,15,16,19). The molecule has 20 heavy (non-hydrogen) atoms. The first-order valence-electron chi connectivity index (χ1n) is 7.02. The summed E-state index contributed by atoms with van der Waals surface area (Å²) in [6.07, 6.45) is 2.48. The van der Waals surface area contributed by atoms with Crippen LogP contribution in [0.2, 0.25) is 0 Å². The van der Waals surface area contributed by atoms with Crippen LogP contribution < -0.4 is 20.9 Å². The summed E-state index contributed by atoms with van der Waals surface area (Å²) in [4.78, 5) is 23.0. The lowest BCUT2D eigenvalue weighted by Crippen LogP contribution is -2.52. The van der Waals surface area contributed by atoms with Crippen molar-refractivity contribution < 1.29 is 4.74 Å². The Kier molecular flexibility index (Phi) is 4.97. The van der Waals surface area contributed by atoms with Crippen LogP contribution >= 0.6 is 0 Å². The zero-order valence-electron chi connectivity index (χ0n) is 12.1. The summed E-state index contributed by atoms with van der Waals surface area (Å²) in [5.41, 5.74) is 5.55. The largest absolute Gasteiger partial charge is 0.489 e. The number of nitrogens with one attached hydrogen (secondary N) is 1. The Morgan fingerprint density at radius 2 is 2.15 bits per heavy atom. The van der Waals surface area contributed by atoms with E-state index in [0.717, 1.165) is 32.6 Å². The molecule has 7 heteroatoms. The predicted octanol–water partition coefficient (Wildman–Crippen LogP) is -0.362. The van der Waals surface area contributed by atoms with E-state index in [1.54, 1.807) is 0 Å².